The summed E-state index contributed by atoms with van der Waals surface area (Å²) in [6, 6.07) is 7.48. The van der Waals surface area contributed by atoms with Crippen molar-refractivity contribution >= 4 is 17.5 Å². The molecule has 130 valence electrons. The molecule has 3 rings (SSSR count). The number of rotatable bonds is 5. The molecular formula is C19H27N3O2. The highest BCUT2D eigenvalue weighted by molar-refractivity contribution is 5.96. The lowest BCUT2D eigenvalue weighted by Crippen LogP contribution is -2.48. The van der Waals surface area contributed by atoms with Gasteiger partial charge in [0.05, 0.1) is 0 Å². The first-order valence-corrected chi connectivity index (χ1v) is 9.06. The monoisotopic (exact) mass is 329 g/mol. The third kappa shape index (κ3) is 4.15. The maximum atomic E-state index is 12.3. The molecule has 1 atom stereocenters. The maximum Gasteiger partial charge on any atom is 0.251 e. The van der Waals surface area contributed by atoms with Crippen molar-refractivity contribution in [3.63, 3.8) is 0 Å². The predicted octanol–water partition coefficient (Wildman–Crippen LogP) is 2.54. The number of nitrogens with one attached hydrogen (secondary N) is 3. The first kappa shape index (κ1) is 17.0. The van der Waals surface area contributed by atoms with E-state index in [2.05, 4.69) is 16.0 Å². The van der Waals surface area contributed by atoms with Crippen LogP contribution in [0.5, 0.6) is 0 Å². The molecule has 24 heavy (non-hydrogen) atoms. The molecule has 1 saturated carbocycles. The van der Waals surface area contributed by atoms with Gasteiger partial charge in [-0.05, 0) is 56.1 Å². The van der Waals surface area contributed by atoms with E-state index in [1.165, 1.54) is 19.3 Å². The highest BCUT2D eigenvalue weighted by atomic mass is 16.2. The Morgan fingerprint density at radius 3 is 2.33 bits per heavy atom. The van der Waals surface area contributed by atoms with E-state index >= 15 is 0 Å². The number of amides is 2. The van der Waals surface area contributed by atoms with E-state index in [9.17, 15) is 9.59 Å². The first-order valence-electron chi connectivity index (χ1n) is 9.06. The second-order valence-corrected chi connectivity index (χ2v) is 7.08. The Morgan fingerprint density at radius 1 is 1.08 bits per heavy atom. The van der Waals surface area contributed by atoms with Crippen LogP contribution >= 0.6 is 0 Å². The minimum Gasteiger partial charge on any atom is -0.349 e. The Hall–Kier alpha value is -1.88. The second-order valence-electron chi connectivity index (χ2n) is 7.08. The van der Waals surface area contributed by atoms with E-state index in [0.717, 1.165) is 31.6 Å². The minimum atomic E-state index is -0.0197. The van der Waals surface area contributed by atoms with Gasteiger partial charge in [-0.3, -0.25) is 9.59 Å². The molecule has 2 aliphatic rings. The summed E-state index contributed by atoms with van der Waals surface area (Å²) in [7, 11) is 0. The standard InChI is InChI=1S/C19H27N3O2/c1-13(15-11-20-12-15)18(23)21-17-9-7-14(8-10-17)19(24)22-16-5-3-2-4-6-16/h7-10,13,15-16,20H,2-6,11-12H2,1H3,(H,21,23)(H,22,24). The van der Waals surface area contributed by atoms with Gasteiger partial charge in [-0.1, -0.05) is 26.2 Å². The van der Waals surface area contributed by atoms with E-state index in [0.29, 0.717) is 17.5 Å². The van der Waals surface area contributed by atoms with Gasteiger partial charge in [-0.15, -0.1) is 0 Å². The Labute approximate surface area is 143 Å². The average Bonchev–Trinajstić information content (AvgIpc) is 2.54. The largest absolute Gasteiger partial charge is 0.349 e. The summed E-state index contributed by atoms with van der Waals surface area (Å²) in [4.78, 5) is 24.5. The van der Waals surface area contributed by atoms with Crippen molar-refractivity contribution in [1.29, 1.82) is 0 Å². The molecule has 0 bridgehead atoms. The summed E-state index contributed by atoms with van der Waals surface area (Å²) in [6.07, 6.45) is 5.83. The molecule has 1 aliphatic carbocycles. The molecule has 2 amide bonds. The lowest BCUT2D eigenvalue weighted by atomic mass is 9.88. The summed E-state index contributed by atoms with van der Waals surface area (Å²) in [5, 5.41) is 9.24. The summed E-state index contributed by atoms with van der Waals surface area (Å²) >= 11 is 0. The lowest BCUT2D eigenvalue weighted by Gasteiger charge is -2.31. The predicted molar refractivity (Wildman–Crippen MR) is 94.9 cm³/mol. The van der Waals surface area contributed by atoms with Gasteiger partial charge in [-0.25, -0.2) is 0 Å². The van der Waals surface area contributed by atoms with Gasteiger partial charge < -0.3 is 16.0 Å². The van der Waals surface area contributed by atoms with Crippen LogP contribution in [-0.2, 0) is 4.79 Å². The highest BCUT2D eigenvalue weighted by Crippen LogP contribution is 2.20. The van der Waals surface area contributed by atoms with E-state index in [4.69, 9.17) is 0 Å². The van der Waals surface area contributed by atoms with Crippen molar-refractivity contribution < 1.29 is 9.59 Å². The highest BCUT2D eigenvalue weighted by Gasteiger charge is 2.28. The number of hydrogen-bond acceptors (Lipinski definition) is 3. The van der Waals surface area contributed by atoms with Crippen molar-refractivity contribution in [1.82, 2.24) is 10.6 Å². The maximum absolute atomic E-state index is 12.3. The average molecular weight is 329 g/mol. The molecule has 1 heterocycles. The Kier molecular flexibility index (Phi) is 5.51. The topological polar surface area (TPSA) is 70.2 Å². The molecule has 1 unspecified atom stereocenters. The van der Waals surface area contributed by atoms with Gasteiger partial charge in [0.2, 0.25) is 5.91 Å². The van der Waals surface area contributed by atoms with Crippen LogP contribution in [0.25, 0.3) is 0 Å². The third-order valence-corrected chi connectivity index (χ3v) is 5.29. The van der Waals surface area contributed by atoms with Crippen molar-refractivity contribution in [2.45, 2.75) is 45.1 Å². The molecule has 1 aliphatic heterocycles. The van der Waals surface area contributed by atoms with Crippen molar-refractivity contribution in [3.8, 4) is 0 Å². The third-order valence-electron chi connectivity index (χ3n) is 5.29. The Morgan fingerprint density at radius 2 is 1.75 bits per heavy atom. The molecule has 3 N–H and O–H groups in total. The molecule has 1 aromatic carbocycles. The molecule has 1 aromatic rings. The minimum absolute atomic E-state index is 0.000488. The van der Waals surface area contributed by atoms with Gasteiger partial charge >= 0.3 is 0 Å². The molecule has 2 fully saturated rings. The zero-order chi connectivity index (χ0) is 16.9. The summed E-state index contributed by atoms with van der Waals surface area (Å²) < 4.78 is 0. The fourth-order valence-corrected chi connectivity index (χ4v) is 3.36. The SMILES string of the molecule is CC(C(=O)Nc1ccc(C(=O)NC2CCCCC2)cc1)C1CNC1. The van der Waals surface area contributed by atoms with Crippen LogP contribution in [0.2, 0.25) is 0 Å². The molecule has 5 heteroatoms. The normalized spacial score (nSPS) is 20.0. The summed E-state index contributed by atoms with van der Waals surface area (Å²) in [5.74, 6) is 0.445. The van der Waals surface area contributed by atoms with Crippen molar-refractivity contribution in [3.05, 3.63) is 29.8 Å². The van der Waals surface area contributed by atoms with Crippen LogP contribution in [0.15, 0.2) is 24.3 Å². The van der Waals surface area contributed by atoms with Gasteiger partial charge in [0, 0.05) is 23.2 Å². The fraction of sp³-hybridized carbons (Fsp3) is 0.579. The molecule has 1 saturated heterocycles. The van der Waals surface area contributed by atoms with Gasteiger partial charge in [0.25, 0.3) is 5.91 Å². The number of carbonyl (C=O) groups excluding carboxylic acids is 2. The zero-order valence-corrected chi connectivity index (χ0v) is 14.3. The van der Waals surface area contributed by atoms with Crippen molar-refractivity contribution in [2.75, 3.05) is 18.4 Å². The Balaban J connectivity index is 1.52. The van der Waals surface area contributed by atoms with E-state index < -0.39 is 0 Å². The Bertz CT molecular complexity index is 575. The van der Waals surface area contributed by atoms with Crippen LogP contribution in [0.4, 0.5) is 5.69 Å². The summed E-state index contributed by atoms with van der Waals surface area (Å²) in [5.41, 5.74) is 1.39. The van der Waals surface area contributed by atoms with Gasteiger partial charge in [0.15, 0.2) is 0 Å². The van der Waals surface area contributed by atoms with E-state index in [-0.39, 0.29) is 17.7 Å². The van der Waals surface area contributed by atoms with Crippen molar-refractivity contribution in [2.24, 2.45) is 11.8 Å². The molecule has 0 spiro atoms. The number of benzene rings is 1. The molecule has 5 nitrogen and oxygen atoms in total. The number of anilines is 1. The lowest BCUT2D eigenvalue weighted by molar-refractivity contribution is -0.121. The zero-order valence-electron chi connectivity index (χ0n) is 14.3. The number of carbonyl (C=O) groups is 2. The first-order chi connectivity index (χ1) is 11.6. The fourth-order valence-electron chi connectivity index (χ4n) is 3.36. The van der Waals surface area contributed by atoms with Crippen LogP contribution in [0.3, 0.4) is 0 Å². The van der Waals surface area contributed by atoms with Crippen LogP contribution in [-0.4, -0.2) is 30.9 Å². The van der Waals surface area contributed by atoms with Gasteiger partial charge in [-0.2, -0.15) is 0 Å². The van der Waals surface area contributed by atoms with E-state index in [1.54, 1.807) is 24.3 Å². The molecular weight excluding hydrogens is 302 g/mol. The molecule has 0 aromatic heterocycles. The smallest absolute Gasteiger partial charge is 0.251 e. The quantitative estimate of drug-likeness (QED) is 0.777. The second kappa shape index (κ2) is 7.79. The van der Waals surface area contributed by atoms with Gasteiger partial charge in [0.1, 0.15) is 0 Å². The van der Waals surface area contributed by atoms with Crippen LogP contribution in [0.1, 0.15) is 49.4 Å². The number of hydrogen-bond donors (Lipinski definition) is 3. The van der Waals surface area contributed by atoms with Crippen LogP contribution in [0, 0.1) is 11.8 Å². The molecule has 0 radical (unpaired) electrons. The summed E-state index contributed by atoms with van der Waals surface area (Å²) in [6.45, 7) is 3.79. The van der Waals surface area contributed by atoms with Crippen LogP contribution < -0.4 is 16.0 Å². The van der Waals surface area contributed by atoms with E-state index in [1.807, 2.05) is 6.92 Å².